The lowest BCUT2D eigenvalue weighted by atomic mass is 10.1. The maximum absolute atomic E-state index is 12.8. The van der Waals surface area contributed by atoms with Crippen molar-refractivity contribution in [1.82, 2.24) is 14.6 Å². The molecule has 39 heavy (non-hydrogen) atoms. The zero-order valence-electron chi connectivity index (χ0n) is 22.1. The number of carbonyl (C=O) groups is 2. The summed E-state index contributed by atoms with van der Waals surface area (Å²) in [6.45, 7) is 4.77. The van der Waals surface area contributed by atoms with Crippen LogP contribution in [0.5, 0.6) is 5.75 Å². The number of carbonyl (C=O) groups excluding carboxylic acids is 2. The normalized spacial score (nSPS) is 11.6. The van der Waals surface area contributed by atoms with Crippen molar-refractivity contribution < 1.29 is 22.7 Å². The van der Waals surface area contributed by atoms with E-state index in [0.29, 0.717) is 24.4 Å². The minimum absolute atomic E-state index is 0.0530. The molecule has 0 unspecified atom stereocenters. The van der Waals surface area contributed by atoms with Gasteiger partial charge < -0.3 is 14.6 Å². The Hall–Kier alpha value is -4.37. The minimum Gasteiger partial charge on any atom is -0.496 e. The van der Waals surface area contributed by atoms with Crippen molar-refractivity contribution in [3.63, 3.8) is 0 Å². The van der Waals surface area contributed by atoms with Crippen LogP contribution in [0.1, 0.15) is 40.4 Å². The SMILES string of the molecule is CCCNC(=O)C=Cc1ccc2ccn(Cc3ccc(C(=O)NS(=O)(=O)c4ccccc4C)cc3OC)c2c1. The molecule has 0 spiro atoms. The molecule has 1 heterocycles. The molecule has 0 aliphatic carbocycles. The van der Waals surface area contributed by atoms with Crippen molar-refractivity contribution >= 4 is 38.8 Å². The van der Waals surface area contributed by atoms with E-state index in [4.69, 9.17) is 4.74 Å². The second-order valence-electron chi connectivity index (χ2n) is 9.11. The number of aromatic nitrogens is 1. The van der Waals surface area contributed by atoms with E-state index in [1.807, 2.05) is 42.0 Å². The zero-order valence-corrected chi connectivity index (χ0v) is 22.9. The van der Waals surface area contributed by atoms with Crippen LogP contribution in [0.3, 0.4) is 0 Å². The molecule has 8 nitrogen and oxygen atoms in total. The molecule has 0 aliphatic heterocycles. The average Bonchev–Trinajstić information content (AvgIpc) is 3.32. The number of sulfonamides is 1. The Morgan fingerprint density at radius 3 is 2.56 bits per heavy atom. The van der Waals surface area contributed by atoms with E-state index in [0.717, 1.165) is 28.5 Å². The fourth-order valence-electron chi connectivity index (χ4n) is 4.22. The number of benzene rings is 3. The van der Waals surface area contributed by atoms with E-state index in [1.54, 1.807) is 43.3 Å². The van der Waals surface area contributed by atoms with Crippen LogP contribution in [0.4, 0.5) is 0 Å². The van der Waals surface area contributed by atoms with Gasteiger partial charge in [-0.15, -0.1) is 0 Å². The van der Waals surface area contributed by atoms with Crippen LogP contribution >= 0.6 is 0 Å². The molecule has 0 fully saturated rings. The number of fused-ring (bicyclic) bond motifs is 1. The number of ether oxygens (including phenoxy) is 1. The van der Waals surface area contributed by atoms with Gasteiger partial charge in [0.1, 0.15) is 5.75 Å². The van der Waals surface area contributed by atoms with Gasteiger partial charge in [-0.1, -0.05) is 43.3 Å². The zero-order chi connectivity index (χ0) is 28.0. The number of aryl methyl sites for hydroxylation is 1. The molecular formula is C30H31N3O5S. The molecule has 9 heteroatoms. The van der Waals surface area contributed by atoms with Crippen molar-refractivity contribution in [1.29, 1.82) is 0 Å². The van der Waals surface area contributed by atoms with Gasteiger partial charge in [0.25, 0.3) is 15.9 Å². The summed E-state index contributed by atoms with van der Waals surface area (Å²) in [4.78, 5) is 24.8. The van der Waals surface area contributed by atoms with Gasteiger partial charge in [-0.3, -0.25) is 9.59 Å². The highest BCUT2D eigenvalue weighted by atomic mass is 32.2. The Kier molecular flexibility index (Phi) is 8.51. The van der Waals surface area contributed by atoms with Crippen LogP contribution in [0, 0.1) is 6.92 Å². The molecule has 0 atom stereocenters. The largest absolute Gasteiger partial charge is 0.496 e. The Bertz CT molecular complexity index is 1650. The van der Waals surface area contributed by atoms with Gasteiger partial charge in [-0.05, 0) is 66.3 Å². The monoisotopic (exact) mass is 545 g/mol. The molecular weight excluding hydrogens is 514 g/mol. The predicted molar refractivity (Wildman–Crippen MR) is 152 cm³/mol. The highest BCUT2D eigenvalue weighted by Crippen LogP contribution is 2.25. The van der Waals surface area contributed by atoms with Crippen molar-refractivity contribution in [2.24, 2.45) is 0 Å². The molecule has 4 rings (SSSR count). The Morgan fingerprint density at radius 1 is 1.03 bits per heavy atom. The average molecular weight is 546 g/mol. The van der Waals surface area contributed by atoms with E-state index >= 15 is 0 Å². The van der Waals surface area contributed by atoms with Gasteiger partial charge in [0.15, 0.2) is 0 Å². The topological polar surface area (TPSA) is 107 Å². The van der Waals surface area contributed by atoms with Gasteiger partial charge in [0, 0.05) is 35.5 Å². The molecule has 202 valence electrons. The second kappa shape index (κ2) is 12.0. The Balaban J connectivity index is 1.54. The maximum atomic E-state index is 12.8. The second-order valence-corrected chi connectivity index (χ2v) is 10.8. The first-order chi connectivity index (χ1) is 18.7. The van der Waals surface area contributed by atoms with Crippen molar-refractivity contribution in [2.45, 2.75) is 31.7 Å². The number of methoxy groups -OCH3 is 1. The van der Waals surface area contributed by atoms with Crippen LogP contribution in [0.25, 0.3) is 17.0 Å². The quantitative estimate of drug-likeness (QED) is 0.282. The fraction of sp³-hybridized carbons (Fsp3) is 0.200. The maximum Gasteiger partial charge on any atom is 0.265 e. The number of rotatable bonds is 10. The van der Waals surface area contributed by atoms with Gasteiger partial charge >= 0.3 is 0 Å². The van der Waals surface area contributed by atoms with Gasteiger partial charge in [-0.2, -0.15) is 0 Å². The summed E-state index contributed by atoms with van der Waals surface area (Å²) < 4.78 is 35.3. The van der Waals surface area contributed by atoms with Crippen molar-refractivity contribution in [3.05, 3.63) is 101 Å². The van der Waals surface area contributed by atoms with Crippen molar-refractivity contribution in [3.8, 4) is 5.75 Å². The lowest BCUT2D eigenvalue weighted by Crippen LogP contribution is -2.31. The molecule has 0 saturated carbocycles. The third-order valence-corrected chi connectivity index (χ3v) is 7.77. The third-order valence-electron chi connectivity index (χ3n) is 6.27. The summed E-state index contributed by atoms with van der Waals surface area (Å²) in [5.74, 6) is -0.414. The number of hydrogen-bond acceptors (Lipinski definition) is 5. The van der Waals surface area contributed by atoms with Crippen LogP contribution in [-0.2, 0) is 21.4 Å². The molecule has 1 aromatic heterocycles. The minimum atomic E-state index is -4.03. The van der Waals surface area contributed by atoms with E-state index in [9.17, 15) is 18.0 Å². The van der Waals surface area contributed by atoms with E-state index in [1.165, 1.54) is 25.3 Å². The Labute approximate surface area is 228 Å². The smallest absolute Gasteiger partial charge is 0.265 e. The molecule has 0 bridgehead atoms. The van der Waals surface area contributed by atoms with Crippen LogP contribution in [-0.4, -0.2) is 38.5 Å². The number of nitrogens with one attached hydrogen (secondary N) is 2. The van der Waals surface area contributed by atoms with Gasteiger partial charge in [0.2, 0.25) is 5.91 Å². The van der Waals surface area contributed by atoms with Crippen LogP contribution in [0.2, 0.25) is 0 Å². The molecule has 3 aromatic carbocycles. The van der Waals surface area contributed by atoms with Crippen LogP contribution in [0.15, 0.2) is 83.9 Å². The van der Waals surface area contributed by atoms with E-state index in [2.05, 4.69) is 10.0 Å². The summed E-state index contributed by atoms with van der Waals surface area (Å²) in [5.41, 5.74) is 3.39. The molecule has 4 aromatic rings. The van der Waals surface area contributed by atoms with E-state index < -0.39 is 15.9 Å². The number of amides is 2. The summed E-state index contributed by atoms with van der Waals surface area (Å²) in [7, 11) is -2.52. The third kappa shape index (κ3) is 6.56. The molecule has 0 aliphatic rings. The van der Waals surface area contributed by atoms with Crippen molar-refractivity contribution in [2.75, 3.05) is 13.7 Å². The summed E-state index contributed by atoms with van der Waals surface area (Å²) in [6.07, 6.45) is 6.14. The van der Waals surface area contributed by atoms with E-state index in [-0.39, 0.29) is 16.4 Å². The van der Waals surface area contributed by atoms with Gasteiger partial charge in [0.05, 0.1) is 18.6 Å². The molecule has 0 saturated heterocycles. The highest BCUT2D eigenvalue weighted by Gasteiger charge is 2.21. The Morgan fingerprint density at radius 2 is 1.82 bits per heavy atom. The summed E-state index contributed by atoms with van der Waals surface area (Å²) >= 11 is 0. The summed E-state index contributed by atoms with van der Waals surface area (Å²) in [5, 5.41) is 3.86. The summed E-state index contributed by atoms with van der Waals surface area (Å²) in [6, 6.07) is 19.3. The standard InChI is InChI=1S/C30H31N3O5S/c1-4-16-31-29(34)14-10-22-9-11-23-15-17-33(26(23)18-22)20-25-13-12-24(19-27(25)38-3)30(35)32-39(36,37)28-8-6-5-7-21(28)2/h5-15,17-19H,4,16,20H2,1-3H3,(H,31,34)(H,32,35). The lowest BCUT2D eigenvalue weighted by Gasteiger charge is -2.13. The number of nitrogens with zero attached hydrogens (tertiary/aromatic N) is 1. The lowest BCUT2D eigenvalue weighted by molar-refractivity contribution is -0.116. The first kappa shape index (κ1) is 27.7. The number of hydrogen-bond donors (Lipinski definition) is 2. The highest BCUT2D eigenvalue weighted by molar-refractivity contribution is 7.90. The molecule has 2 amide bonds. The van der Waals surface area contributed by atoms with Gasteiger partial charge in [-0.25, -0.2) is 13.1 Å². The first-order valence-electron chi connectivity index (χ1n) is 12.6. The predicted octanol–water partition coefficient (Wildman–Crippen LogP) is 4.66. The molecule has 0 radical (unpaired) electrons. The first-order valence-corrected chi connectivity index (χ1v) is 14.0. The molecule has 2 N–H and O–H groups in total. The fourth-order valence-corrected chi connectivity index (χ4v) is 5.44. The van der Waals surface area contributed by atoms with Crippen LogP contribution < -0.4 is 14.8 Å².